The van der Waals surface area contributed by atoms with Gasteiger partial charge in [0.05, 0.1) is 17.0 Å². The first kappa shape index (κ1) is 14.0. The van der Waals surface area contributed by atoms with Crippen molar-refractivity contribution in [2.24, 2.45) is 0 Å². The maximum Gasteiger partial charge on any atom is 0.240 e. The molecule has 1 aromatic carbocycles. The zero-order chi connectivity index (χ0) is 13.2. The van der Waals surface area contributed by atoms with Crippen molar-refractivity contribution in [3.63, 3.8) is 0 Å². The molecule has 0 radical (unpaired) electrons. The Bertz CT molecular complexity index is 504. The second-order valence-corrected chi connectivity index (χ2v) is 6.74. The molecule has 1 aliphatic heterocycles. The topological polar surface area (TPSA) is 67.4 Å². The van der Waals surface area contributed by atoms with Crippen LogP contribution in [0.2, 0.25) is 0 Å². The molecule has 1 aliphatic rings. The number of methoxy groups -OCH3 is 1. The van der Waals surface area contributed by atoms with Gasteiger partial charge in [0.25, 0.3) is 0 Å². The molecule has 0 aromatic heterocycles. The predicted molar refractivity (Wildman–Crippen MR) is 71.9 cm³/mol. The van der Waals surface area contributed by atoms with Crippen LogP contribution in [0, 0.1) is 0 Å². The lowest BCUT2D eigenvalue weighted by Gasteiger charge is -2.18. The maximum absolute atomic E-state index is 12.2. The highest BCUT2D eigenvalue weighted by Crippen LogP contribution is 2.16. The fourth-order valence-corrected chi connectivity index (χ4v) is 3.43. The summed E-state index contributed by atoms with van der Waals surface area (Å²) in [7, 11) is -1.91. The molecular formula is C11H15BrN2O3S. The van der Waals surface area contributed by atoms with E-state index in [-0.39, 0.29) is 17.0 Å². The van der Waals surface area contributed by atoms with Gasteiger partial charge in [-0.05, 0) is 24.3 Å². The van der Waals surface area contributed by atoms with Gasteiger partial charge in [0, 0.05) is 24.7 Å². The van der Waals surface area contributed by atoms with E-state index in [4.69, 9.17) is 4.74 Å². The zero-order valence-corrected chi connectivity index (χ0v) is 12.3. The number of halogens is 1. The van der Waals surface area contributed by atoms with Crippen LogP contribution in [0.3, 0.4) is 0 Å². The number of rotatable bonds is 4. The first-order valence-electron chi connectivity index (χ1n) is 5.54. The highest BCUT2D eigenvalue weighted by atomic mass is 79.9. The van der Waals surface area contributed by atoms with Gasteiger partial charge in [0.15, 0.2) is 0 Å². The van der Waals surface area contributed by atoms with Crippen LogP contribution in [-0.2, 0) is 14.8 Å². The third kappa shape index (κ3) is 3.10. The van der Waals surface area contributed by atoms with Crippen LogP contribution in [0.15, 0.2) is 33.6 Å². The van der Waals surface area contributed by atoms with E-state index >= 15 is 0 Å². The Morgan fingerprint density at radius 2 is 2.00 bits per heavy atom. The molecule has 1 fully saturated rings. The molecule has 7 heteroatoms. The maximum atomic E-state index is 12.2. The van der Waals surface area contributed by atoms with E-state index in [1.54, 1.807) is 31.4 Å². The Kier molecular flexibility index (Phi) is 4.39. The molecule has 2 atom stereocenters. The highest BCUT2D eigenvalue weighted by molar-refractivity contribution is 9.10. The molecule has 0 aliphatic carbocycles. The summed E-state index contributed by atoms with van der Waals surface area (Å²) in [5.41, 5.74) is 0. The number of ether oxygens (including phenoxy) is 1. The van der Waals surface area contributed by atoms with Gasteiger partial charge < -0.3 is 10.1 Å². The van der Waals surface area contributed by atoms with Gasteiger partial charge in [-0.3, -0.25) is 0 Å². The summed E-state index contributed by atoms with van der Waals surface area (Å²) in [6.45, 7) is 1.23. The van der Waals surface area contributed by atoms with E-state index in [2.05, 4.69) is 26.0 Å². The van der Waals surface area contributed by atoms with Gasteiger partial charge in [-0.2, -0.15) is 0 Å². The van der Waals surface area contributed by atoms with Gasteiger partial charge in [-0.1, -0.05) is 15.9 Å². The first-order valence-corrected chi connectivity index (χ1v) is 7.82. The smallest absolute Gasteiger partial charge is 0.240 e. The Hall–Kier alpha value is -0.470. The van der Waals surface area contributed by atoms with Crippen molar-refractivity contribution in [2.75, 3.05) is 20.2 Å². The van der Waals surface area contributed by atoms with E-state index in [0.29, 0.717) is 13.1 Å². The second-order valence-electron chi connectivity index (χ2n) is 4.11. The number of hydrogen-bond acceptors (Lipinski definition) is 4. The van der Waals surface area contributed by atoms with Crippen LogP contribution in [0.1, 0.15) is 0 Å². The molecule has 5 nitrogen and oxygen atoms in total. The van der Waals surface area contributed by atoms with Crippen molar-refractivity contribution in [2.45, 2.75) is 17.0 Å². The van der Waals surface area contributed by atoms with Crippen molar-refractivity contribution in [3.8, 4) is 0 Å². The largest absolute Gasteiger partial charge is 0.378 e. The third-order valence-electron chi connectivity index (χ3n) is 2.89. The fourth-order valence-electron chi connectivity index (χ4n) is 1.90. The molecule has 100 valence electrons. The summed E-state index contributed by atoms with van der Waals surface area (Å²) in [6, 6.07) is 6.31. The molecule has 1 heterocycles. The fraction of sp³-hybridized carbons (Fsp3) is 0.455. The van der Waals surface area contributed by atoms with E-state index in [0.717, 1.165) is 4.47 Å². The molecule has 0 amide bonds. The Labute approximate surface area is 115 Å². The molecule has 1 saturated heterocycles. The van der Waals surface area contributed by atoms with E-state index < -0.39 is 10.0 Å². The average Bonchev–Trinajstić information content (AvgIpc) is 2.76. The molecule has 0 bridgehead atoms. The van der Waals surface area contributed by atoms with Crippen LogP contribution >= 0.6 is 15.9 Å². The van der Waals surface area contributed by atoms with Crippen LogP contribution in [0.4, 0.5) is 0 Å². The predicted octanol–water partition coefficient (Wildman–Crippen LogP) is 0.714. The standard InChI is InChI=1S/C11H15BrN2O3S/c1-17-11-7-13-6-10(11)14-18(15,16)9-4-2-8(12)3-5-9/h2-5,10-11,13-14H,6-7H2,1H3/t10?,11-/m0/s1. The monoisotopic (exact) mass is 334 g/mol. The minimum absolute atomic E-state index is 0.129. The lowest BCUT2D eigenvalue weighted by Crippen LogP contribution is -2.43. The van der Waals surface area contributed by atoms with Crippen molar-refractivity contribution in [1.82, 2.24) is 10.0 Å². The lowest BCUT2D eigenvalue weighted by molar-refractivity contribution is 0.103. The van der Waals surface area contributed by atoms with Gasteiger partial charge in [0.1, 0.15) is 0 Å². The zero-order valence-electron chi connectivity index (χ0n) is 9.89. The van der Waals surface area contributed by atoms with Crippen LogP contribution < -0.4 is 10.0 Å². The van der Waals surface area contributed by atoms with Crippen LogP contribution in [-0.4, -0.2) is 40.8 Å². The Morgan fingerprint density at radius 1 is 1.33 bits per heavy atom. The summed E-state index contributed by atoms with van der Waals surface area (Å²) in [6.07, 6.45) is -0.129. The van der Waals surface area contributed by atoms with E-state index in [9.17, 15) is 8.42 Å². The minimum atomic E-state index is -3.49. The highest BCUT2D eigenvalue weighted by Gasteiger charge is 2.31. The van der Waals surface area contributed by atoms with Gasteiger partial charge >= 0.3 is 0 Å². The van der Waals surface area contributed by atoms with Gasteiger partial charge in [-0.15, -0.1) is 0 Å². The summed E-state index contributed by atoms with van der Waals surface area (Å²) < 4.78 is 33.0. The third-order valence-corrected chi connectivity index (χ3v) is 4.93. The quantitative estimate of drug-likeness (QED) is 0.851. The van der Waals surface area contributed by atoms with Crippen molar-refractivity contribution in [1.29, 1.82) is 0 Å². The van der Waals surface area contributed by atoms with E-state index in [1.165, 1.54) is 0 Å². The summed E-state index contributed by atoms with van der Waals surface area (Å²) in [4.78, 5) is 0.257. The molecule has 2 N–H and O–H groups in total. The van der Waals surface area contributed by atoms with Crippen molar-refractivity contribution >= 4 is 26.0 Å². The molecule has 1 aromatic rings. The summed E-state index contributed by atoms with van der Waals surface area (Å²) in [5.74, 6) is 0. The number of sulfonamides is 1. The Balaban J connectivity index is 2.14. The van der Waals surface area contributed by atoms with Crippen LogP contribution in [0.25, 0.3) is 0 Å². The average molecular weight is 335 g/mol. The van der Waals surface area contributed by atoms with Gasteiger partial charge in [-0.25, -0.2) is 13.1 Å². The van der Waals surface area contributed by atoms with Crippen LogP contribution in [0.5, 0.6) is 0 Å². The normalized spacial score (nSPS) is 24.3. The number of nitrogens with one attached hydrogen (secondary N) is 2. The molecule has 1 unspecified atom stereocenters. The SMILES string of the molecule is CO[C@H]1CNCC1NS(=O)(=O)c1ccc(Br)cc1. The number of hydrogen-bond donors (Lipinski definition) is 2. The number of benzene rings is 1. The van der Waals surface area contributed by atoms with Crippen molar-refractivity contribution < 1.29 is 13.2 Å². The molecule has 18 heavy (non-hydrogen) atoms. The van der Waals surface area contributed by atoms with E-state index in [1.807, 2.05) is 0 Å². The molecule has 2 rings (SSSR count). The molecule has 0 saturated carbocycles. The van der Waals surface area contributed by atoms with Crippen molar-refractivity contribution in [3.05, 3.63) is 28.7 Å². The lowest BCUT2D eigenvalue weighted by atomic mass is 10.2. The summed E-state index contributed by atoms with van der Waals surface area (Å²) >= 11 is 3.28. The summed E-state index contributed by atoms with van der Waals surface area (Å²) in [5, 5.41) is 3.10. The first-order chi connectivity index (χ1) is 8.53. The minimum Gasteiger partial charge on any atom is -0.378 e. The molecular weight excluding hydrogens is 320 g/mol. The van der Waals surface area contributed by atoms with Gasteiger partial charge in [0.2, 0.25) is 10.0 Å². The molecule has 0 spiro atoms. The second kappa shape index (κ2) is 5.66. The Morgan fingerprint density at radius 3 is 2.61 bits per heavy atom.